The number of nitro groups is 2. The number of rotatable bonds is 4. The summed E-state index contributed by atoms with van der Waals surface area (Å²) in [6.45, 7) is 1.90. The van der Waals surface area contributed by atoms with Crippen molar-refractivity contribution in [1.82, 2.24) is 10.3 Å². The lowest BCUT2D eigenvalue weighted by molar-refractivity contribution is -0.392. The number of fused-ring (bicyclic) bond motifs is 1. The fourth-order valence-electron chi connectivity index (χ4n) is 2.10. The second kappa shape index (κ2) is 5.33. The van der Waals surface area contributed by atoms with E-state index in [1.54, 1.807) is 12.1 Å². The van der Waals surface area contributed by atoms with Gasteiger partial charge in [0.15, 0.2) is 5.52 Å². The molecule has 10 heteroatoms. The van der Waals surface area contributed by atoms with Crippen molar-refractivity contribution in [2.75, 3.05) is 5.32 Å². The lowest BCUT2D eigenvalue weighted by Gasteiger charge is -2.07. The van der Waals surface area contributed by atoms with E-state index in [4.69, 9.17) is 0 Å². The Morgan fingerprint density at radius 1 is 1.00 bits per heavy atom. The smallest absolute Gasteiger partial charge is 0.307 e. The van der Waals surface area contributed by atoms with Crippen molar-refractivity contribution in [3.05, 3.63) is 56.1 Å². The van der Waals surface area contributed by atoms with Gasteiger partial charge in [0.2, 0.25) is 5.52 Å². The standard InChI is InChI=1S/C13H9N5O5/c1-7-2-4-8(5-3-7)14-11-9(17(19)20)6-10(18(21)22)12-13(11)16-23-15-12/h2-6,14H,1H3. The molecule has 0 spiro atoms. The summed E-state index contributed by atoms with van der Waals surface area (Å²) in [6.07, 6.45) is 0. The number of aryl methyl sites for hydroxylation is 1. The summed E-state index contributed by atoms with van der Waals surface area (Å²) in [5.74, 6) is 0. The number of benzene rings is 2. The number of hydrogen-bond acceptors (Lipinski definition) is 8. The van der Waals surface area contributed by atoms with Crippen LogP contribution in [-0.2, 0) is 0 Å². The molecule has 10 nitrogen and oxygen atoms in total. The zero-order chi connectivity index (χ0) is 16.6. The normalized spacial score (nSPS) is 10.7. The lowest BCUT2D eigenvalue weighted by Crippen LogP contribution is -2.01. The summed E-state index contributed by atoms with van der Waals surface area (Å²) in [5, 5.41) is 32.2. The van der Waals surface area contributed by atoms with Gasteiger partial charge < -0.3 is 5.32 Å². The van der Waals surface area contributed by atoms with Gasteiger partial charge in [-0.1, -0.05) is 17.7 Å². The summed E-state index contributed by atoms with van der Waals surface area (Å²) in [5.41, 5.74) is 0.309. The number of aromatic nitrogens is 2. The molecule has 3 rings (SSSR count). The molecule has 1 N–H and O–H groups in total. The molecule has 0 atom stereocenters. The Bertz CT molecular complexity index is 918. The van der Waals surface area contributed by atoms with Crippen LogP contribution in [0.2, 0.25) is 0 Å². The highest BCUT2D eigenvalue weighted by molar-refractivity contribution is 6.00. The maximum Gasteiger partial charge on any atom is 0.307 e. The molecule has 0 aliphatic heterocycles. The SMILES string of the molecule is Cc1ccc(Nc2c([N+](=O)[O-])cc([N+](=O)[O-])c3nonc23)cc1. The molecule has 0 radical (unpaired) electrons. The van der Waals surface area contributed by atoms with Crippen LogP contribution in [0, 0.1) is 27.2 Å². The second-order valence-corrected chi connectivity index (χ2v) is 4.76. The Hall–Kier alpha value is -3.56. The molecule has 1 aromatic heterocycles. The molecule has 0 saturated heterocycles. The van der Waals surface area contributed by atoms with E-state index < -0.39 is 21.2 Å². The van der Waals surface area contributed by atoms with Crippen molar-refractivity contribution in [3.8, 4) is 0 Å². The van der Waals surface area contributed by atoms with Crippen LogP contribution in [0.4, 0.5) is 22.7 Å². The zero-order valence-corrected chi connectivity index (χ0v) is 11.7. The Kier molecular flexibility index (Phi) is 3.33. The summed E-state index contributed by atoms with van der Waals surface area (Å²) >= 11 is 0. The molecule has 116 valence electrons. The van der Waals surface area contributed by atoms with E-state index in [1.165, 1.54) is 0 Å². The minimum absolute atomic E-state index is 0.0132. The van der Waals surface area contributed by atoms with Crippen LogP contribution in [0.5, 0.6) is 0 Å². The van der Waals surface area contributed by atoms with Crippen LogP contribution >= 0.6 is 0 Å². The molecule has 2 aromatic carbocycles. The summed E-state index contributed by atoms with van der Waals surface area (Å²) in [6, 6.07) is 7.91. The molecule has 0 aliphatic carbocycles. The third kappa shape index (κ3) is 2.52. The van der Waals surface area contributed by atoms with Crippen molar-refractivity contribution in [2.24, 2.45) is 0 Å². The van der Waals surface area contributed by atoms with Crippen molar-refractivity contribution in [3.63, 3.8) is 0 Å². The van der Waals surface area contributed by atoms with Gasteiger partial charge in [0.1, 0.15) is 5.69 Å². The first-order valence-electron chi connectivity index (χ1n) is 6.39. The Morgan fingerprint density at radius 2 is 1.61 bits per heavy atom. The molecule has 0 fully saturated rings. The molecule has 0 unspecified atom stereocenters. The summed E-state index contributed by atoms with van der Waals surface area (Å²) in [7, 11) is 0. The van der Waals surface area contributed by atoms with Crippen LogP contribution < -0.4 is 5.32 Å². The minimum atomic E-state index is -0.769. The highest BCUT2D eigenvalue weighted by Crippen LogP contribution is 2.39. The average molecular weight is 315 g/mol. The Labute approximate surface area is 128 Å². The average Bonchev–Trinajstić information content (AvgIpc) is 2.98. The van der Waals surface area contributed by atoms with Gasteiger partial charge in [0, 0.05) is 5.69 Å². The first kappa shape index (κ1) is 14.4. The van der Waals surface area contributed by atoms with Gasteiger partial charge in [-0.15, -0.1) is 0 Å². The third-order valence-electron chi connectivity index (χ3n) is 3.21. The van der Waals surface area contributed by atoms with E-state index in [9.17, 15) is 20.2 Å². The molecule has 1 heterocycles. The van der Waals surface area contributed by atoms with Crippen LogP contribution in [0.3, 0.4) is 0 Å². The topological polar surface area (TPSA) is 137 Å². The number of anilines is 2. The van der Waals surface area contributed by atoms with Crippen molar-refractivity contribution in [1.29, 1.82) is 0 Å². The summed E-state index contributed by atoms with van der Waals surface area (Å²) in [4.78, 5) is 20.8. The largest absolute Gasteiger partial charge is 0.348 e. The first-order chi connectivity index (χ1) is 11.0. The van der Waals surface area contributed by atoms with E-state index in [-0.39, 0.29) is 16.7 Å². The van der Waals surface area contributed by atoms with E-state index in [1.807, 2.05) is 19.1 Å². The molecular formula is C13H9N5O5. The number of non-ortho nitro benzene ring substituents is 1. The molecule has 23 heavy (non-hydrogen) atoms. The van der Waals surface area contributed by atoms with Gasteiger partial charge in [-0.25, -0.2) is 4.63 Å². The lowest BCUT2D eigenvalue weighted by atomic mass is 10.1. The number of hydrogen-bond donors (Lipinski definition) is 1. The maximum absolute atomic E-state index is 11.3. The van der Waals surface area contributed by atoms with Gasteiger partial charge >= 0.3 is 11.4 Å². The predicted molar refractivity (Wildman–Crippen MR) is 79.6 cm³/mol. The Balaban J connectivity index is 2.22. The van der Waals surface area contributed by atoms with Crippen LogP contribution in [0.1, 0.15) is 5.56 Å². The Morgan fingerprint density at radius 3 is 2.22 bits per heavy atom. The van der Waals surface area contributed by atoms with Gasteiger partial charge in [-0.05, 0) is 29.4 Å². The molecule has 0 aliphatic rings. The van der Waals surface area contributed by atoms with Gasteiger partial charge in [0.05, 0.1) is 15.9 Å². The number of nitrogens with one attached hydrogen (secondary N) is 1. The summed E-state index contributed by atoms with van der Waals surface area (Å²) < 4.78 is 4.52. The van der Waals surface area contributed by atoms with Crippen molar-refractivity contribution < 1.29 is 14.5 Å². The predicted octanol–water partition coefficient (Wildman–Crippen LogP) is 3.09. The third-order valence-corrected chi connectivity index (χ3v) is 3.21. The van der Waals surface area contributed by atoms with Gasteiger partial charge in [-0.2, -0.15) is 0 Å². The molecule has 3 aromatic rings. The van der Waals surface area contributed by atoms with E-state index in [0.717, 1.165) is 11.6 Å². The maximum atomic E-state index is 11.3. The highest BCUT2D eigenvalue weighted by Gasteiger charge is 2.29. The fourth-order valence-corrected chi connectivity index (χ4v) is 2.10. The molecule has 0 bridgehead atoms. The monoisotopic (exact) mass is 315 g/mol. The van der Waals surface area contributed by atoms with Crippen LogP contribution in [0.15, 0.2) is 35.0 Å². The van der Waals surface area contributed by atoms with Crippen LogP contribution in [0.25, 0.3) is 11.0 Å². The quantitative estimate of drug-likeness (QED) is 0.572. The molecule has 0 saturated carbocycles. The minimum Gasteiger partial charge on any atom is -0.348 e. The van der Waals surface area contributed by atoms with Crippen molar-refractivity contribution >= 4 is 33.8 Å². The van der Waals surface area contributed by atoms with Gasteiger partial charge in [-0.3, -0.25) is 20.2 Å². The zero-order valence-electron chi connectivity index (χ0n) is 11.7. The molecular weight excluding hydrogens is 306 g/mol. The van der Waals surface area contributed by atoms with E-state index >= 15 is 0 Å². The molecule has 0 amide bonds. The van der Waals surface area contributed by atoms with E-state index in [2.05, 4.69) is 20.3 Å². The van der Waals surface area contributed by atoms with E-state index in [0.29, 0.717) is 5.69 Å². The van der Waals surface area contributed by atoms with Gasteiger partial charge in [0.25, 0.3) is 0 Å². The highest BCUT2D eigenvalue weighted by atomic mass is 16.6. The second-order valence-electron chi connectivity index (χ2n) is 4.76. The first-order valence-corrected chi connectivity index (χ1v) is 6.39. The fraction of sp³-hybridized carbons (Fsp3) is 0.0769. The van der Waals surface area contributed by atoms with Crippen molar-refractivity contribution in [2.45, 2.75) is 6.92 Å². The number of nitro benzene ring substituents is 2. The van der Waals surface area contributed by atoms with Crippen LogP contribution in [-0.4, -0.2) is 20.2 Å². The number of nitrogens with zero attached hydrogens (tertiary/aromatic N) is 4.